The summed E-state index contributed by atoms with van der Waals surface area (Å²) < 4.78 is 4.91. The standard InChI is InChI=1S/C6H10N2O/c1-5-3-4-7-6(8-5)9-2/h3-4,6,8H,1-2H3. The molecule has 0 aromatic heterocycles. The molecule has 1 atom stereocenters. The first kappa shape index (κ1) is 6.29. The molecule has 3 heteroatoms. The Morgan fingerprint density at radius 2 is 2.56 bits per heavy atom. The van der Waals surface area contributed by atoms with Crippen LogP contribution in [0.3, 0.4) is 0 Å². The molecule has 1 heterocycles. The van der Waals surface area contributed by atoms with Gasteiger partial charge < -0.3 is 10.1 Å². The van der Waals surface area contributed by atoms with Gasteiger partial charge in [-0.05, 0) is 13.0 Å². The summed E-state index contributed by atoms with van der Waals surface area (Å²) in [5.41, 5.74) is 1.08. The van der Waals surface area contributed by atoms with Crippen molar-refractivity contribution in [3.8, 4) is 0 Å². The fourth-order valence-electron chi connectivity index (χ4n) is 0.633. The van der Waals surface area contributed by atoms with Crippen molar-refractivity contribution in [2.24, 2.45) is 4.99 Å². The zero-order chi connectivity index (χ0) is 6.69. The van der Waals surface area contributed by atoms with Gasteiger partial charge in [0.05, 0.1) is 0 Å². The number of ether oxygens (including phenoxy) is 1. The zero-order valence-corrected chi connectivity index (χ0v) is 5.59. The second-order valence-corrected chi connectivity index (χ2v) is 1.88. The third-order valence-corrected chi connectivity index (χ3v) is 1.12. The minimum absolute atomic E-state index is 0.185. The zero-order valence-electron chi connectivity index (χ0n) is 5.59. The number of aliphatic imine (C=N–C) groups is 1. The van der Waals surface area contributed by atoms with Crippen molar-refractivity contribution in [1.29, 1.82) is 0 Å². The summed E-state index contributed by atoms with van der Waals surface area (Å²) in [5.74, 6) is 0. The van der Waals surface area contributed by atoms with Gasteiger partial charge in [0.2, 0.25) is 6.35 Å². The SMILES string of the molecule is COC1N=CC=C(C)N1. The lowest BCUT2D eigenvalue weighted by Gasteiger charge is -2.16. The molecule has 3 nitrogen and oxygen atoms in total. The van der Waals surface area contributed by atoms with E-state index in [1.54, 1.807) is 13.3 Å². The highest BCUT2D eigenvalue weighted by molar-refractivity contribution is 5.72. The van der Waals surface area contributed by atoms with Crippen molar-refractivity contribution in [2.45, 2.75) is 13.3 Å². The summed E-state index contributed by atoms with van der Waals surface area (Å²) in [5, 5.41) is 3.01. The predicted octanol–water partition coefficient (Wildman–Crippen LogP) is 0.494. The highest BCUT2D eigenvalue weighted by Crippen LogP contribution is 1.97. The summed E-state index contributed by atoms with van der Waals surface area (Å²) in [6, 6.07) is 0. The number of methoxy groups -OCH3 is 1. The van der Waals surface area contributed by atoms with E-state index in [1.807, 2.05) is 13.0 Å². The third-order valence-electron chi connectivity index (χ3n) is 1.12. The van der Waals surface area contributed by atoms with Crippen molar-refractivity contribution >= 4 is 6.21 Å². The van der Waals surface area contributed by atoms with Crippen LogP contribution in [0.1, 0.15) is 6.92 Å². The lowest BCUT2D eigenvalue weighted by atomic mass is 10.4. The Bertz CT molecular complexity index is 151. The van der Waals surface area contributed by atoms with Crippen LogP contribution in [0.25, 0.3) is 0 Å². The molecule has 50 valence electrons. The Morgan fingerprint density at radius 3 is 3.00 bits per heavy atom. The first-order valence-corrected chi connectivity index (χ1v) is 2.82. The van der Waals surface area contributed by atoms with Gasteiger partial charge in [-0.15, -0.1) is 0 Å². The fraction of sp³-hybridized carbons (Fsp3) is 0.500. The smallest absolute Gasteiger partial charge is 0.224 e. The highest BCUT2D eigenvalue weighted by atomic mass is 16.5. The molecule has 0 fully saturated rings. The molecule has 1 unspecified atom stereocenters. The minimum atomic E-state index is -0.185. The molecule has 0 radical (unpaired) electrons. The number of hydrogen-bond donors (Lipinski definition) is 1. The second kappa shape index (κ2) is 2.64. The maximum atomic E-state index is 4.91. The van der Waals surface area contributed by atoms with Crippen LogP contribution < -0.4 is 5.32 Å². The van der Waals surface area contributed by atoms with Gasteiger partial charge in [0.1, 0.15) is 0 Å². The van der Waals surface area contributed by atoms with E-state index >= 15 is 0 Å². The molecule has 0 saturated heterocycles. The van der Waals surface area contributed by atoms with E-state index in [4.69, 9.17) is 4.74 Å². The number of allylic oxidation sites excluding steroid dienone is 2. The molecule has 1 rings (SSSR count). The van der Waals surface area contributed by atoms with E-state index in [2.05, 4.69) is 10.3 Å². The summed E-state index contributed by atoms with van der Waals surface area (Å²) in [4.78, 5) is 3.96. The molecule has 1 aliphatic heterocycles. The Balaban J connectivity index is 2.51. The van der Waals surface area contributed by atoms with E-state index in [1.165, 1.54) is 0 Å². The van der Waals surface area contributed by atoms with Crippen molar-refractivity contribution in [2.75, 3.05) is 7.11 Å². The molecule has 9 heavy (non-hydrogen) atoms. The first-order valence-electron chi connectivity index (χ1n) is 2.82. The largest absolute Gasteiger partial charge is 0.345 e. The van der Waals surface area contributed by atoms with Crippen molar-refractivity contribution in [1.82, 2.24) is 5.32 Å². The quantitative estimate of drug-likeness (QED) is 0.555. The van der Waals surface area contributed by atoms with E-state index < -0.39 is 0 Å². The van der Waals surface area contributed by atoms with Crippen LogP contribution in [-0.2, 0) is 4.74 Å². The second-order valence-electron chi connectivity index (χ2n) is 1.88. The molecule has 1 N–H and O–H groups in total. The summed E-state index contributed by atoms with van der Waals surface area (Å²) >= 11 is 0. The lowest BCUT2D eigenvalue weighted by Crippen LogP contribution is -2.29. The van der Waals surface area contributed by atoms with Gasteiger partial charge in [-0.2, -0.15) is 0 Å². The van der Waals surface area contributed by atoms with Gasteiger partial charge in [0.15, 0.2) is 0 Å². The number of hydrogen-bond acceptors (Lipinski definition) is 3. The van der Waals surface area contributed by atoms with E-state index in [9.17, 15) is 0 Å². The Morgan fingerprint density at radius 1 is 1.78 bits per heavy atom. The number of nitrogens with one attached hydrogen (secondary N) is 1. The van der Waals surface area contributed by atoms with E-state index in [-0.39, 0.29) is 6.35 Å². The van der Waals surface area contributed by atoms with Crippen molar-refractivity contribution in [3.63, 3.8) is 0 Å². The van der Waals surface area contributed by atoms with Crippen molar-refractivity contribution in [3.05, 3.63) is 11.8 Å². The molecular formula is C6H10N2O. The summed E-state index contributed by atoms with van der Waals surface area (Å²) in [6.07, 6.45) is 3.45. The van der Waals surface area contributed by atoms with Gasteiger partial charge in [0, 0.05) is 19.0 Å². The Hall–Kier alpha value is -0.830. The number of nitrogens with zero attached hydrogens (tertiary/aromatic N) is 1. The molecule has 0 aromatic carbocycles. The van der Waals surface area contributed by atoms with Crippen LogP contribution in [-0.4, -0.2) is 19.7 Å². The maximum Gasteiger partial charge on any atom is 0.224 e. The van der Waals surface area contributed by atoms with Gasteiger partial charge in [-0.1, -0.05) is 0 Å². The van der Waals surface area contributed by atoms with Crippen LogP contribution in [0.4, 0.5) is 0 Å². The minimum Gasteiger partial charge on any atom is -0.345 e. The van der Waals surface area contributed by atoms with E-state index in [0.717, 1.165) is 5.70 Å². The average Bonchev–Trinajstić information content (AvgIpc) is 1.88. The molecule has 1 aliphatic rings. The summed E-state index contributed by atoms with van der Waals surface area (Å²) in [7, 11) is 1.62. The predicted molar refractivity (Wildman–Crippen MR) is 36.2 cm³/mol. The average molecular weight is 126 g/mol. The normalized spacial score (nSPS) is 25.1. The number of rotatable bonds is 1. The molecular weight excluding hydrogens is 116 g/mol. The van der Waals surface area contributed by atoms with Crippen LogP contribution in [0.2, 0.25) is 0 Å². The molecule has 0 bridgehead atoms. The molecule has 0 saturated carbocycles. The van der Waals surface area contributed by atoms with Crippen molar-refractivity contribution < 1.29 is 4.74 Å². The highest BCUT2D eigenvalue weighted by Gasteiger charge is 2.03. The topological polar surface area (TPSA) is 33.6 Å². The van der Waals surface area contributed by atoms with Crippen LogP contribution >= 0.6 is 0 Å². The van der Waals surface area contributed by atoms with Gasteiger partial charge in [0.25, 0.3) is 0 Å². The van der Waals surface area contributed by atoms with Gasteiger partial charge in [-0.3, -0.25) is 0 Å². The summed E-state index contributed by atoms with van der Waals surface area (Å²) in [6.45, 7) is 1.97. The monoisotopic (exact) mass is 126 g/mol. The molecule has 0 amide bonds. The lowest BCUT2D eigenvalue weighted by molar-refractivity contribution is 0.0898. The van der Waals surface area contributed by atoms with E-state index in [0.29, 0.717) is 0 Å². The van der Waals surface area contributed by atoms with Gasteiger partial charge in [-0.25, -0.2) is 4.99 Å². The Kier molecular flexibility index (Phi) is 1.85. The van der Waals surface area contributed by atoms with Crippen LogP contribution in [0.15, 0.2) is 16.8 Å². The van der Waals surface area contributed by atoms with Gasteiger partial charge >= 0.3 is 0 Å². The first-order chi connectivity index (χ1) is 4.33. The van der Waals surface area contributed by atoms with Crippen LogP contribution in [0.5, 0.6) is 0 Å². The van der Waals surface area contributed by atoms with Crippen LogP contribution in [0, 0.1) is 0 Å². The maximum absolute atomic E-state index is 4.91. The fourth-order valence-corrected chi connectivity index (χ4v) is 0.633. The molecule has 0 aliphatic carbocycles. The molecule has 0 aromatic rings. The Labute approximate surface area is 54.4 Å². The third kappa shape index (κ3) is 1.54. The molecule has 0 spiro atoms.